The van der Waals surface area contributed by atoms with Crippen LogP contribution in [-0.4, -0.2) is 23.0 Å². The standard InChI is InChI=1S/C9H10BrN3O2/c1-15-7(14)6-5(10)4-12-8(13-6)9(11)2-3-9/h4H,2-3,11H2,1H3. The summed E-state index contributed by atoms with van der Waals surface area (Å²) in [6, 6.07) is 0. The lowest BCUT2D eigenvalue weighted by Crippen LogP contribution is -2.23. The molecular weight excluding hydrogens is 262 g/mol. The van der Waals surface area contributed by atoms with Crippen molar-refractivity contribution < 1.29 is 9.53 Å². The van der Waals surface area contributed by atoms with Crippen molar-refractivity contribution in [1.29, 1.82) is 0 Å². The highest BCUT2D eigenvalue weighted by Crippen LogP contribution is 2.40. The molecule has 15 heavy (non-hydrogen) atoms. The van der Waals surface area contributed by atoms with E-state index in [4.69, 9.17) is 5.73 Å². The van der Waals surface area contributed by atoms with E-state index in [1.165, 1.54) is 13.3 Å². The minimum atomic E-state index is -0.491. The van der Waals surface area contributed by atoms with Crippen LogP contribution < -0.4 is 5.73 Å². The summed E-state index contributed by atoms with van der Waals surface area (Å²) < 4.78 is 5.12. The van der Waals surface area contributed by atoms with Gasteiger partial charge in [-0.3, -0.25) is 0 Å². The molecule has 1 aliphatic rings. The Balaban J connectivity index is 2.41. The zero-order valence-corrected chi connectivity index (χ0v) is 9.74. The number of ether oxygens (including phenoxy) is 1. The Morgan fingerprint density at radius 1 is 1.67 bits per heavy atom. The molecule has 1 saturated carbocycles. The fourth-order valence-electron chi connectivity index (χ4n) is 1.21. The van der Waals surface area contributed by atoms with E-state index in [1.807, 2.05) is 0 Å². The van der Waals surface area contributed by atoms with E-state index in [0.29, 0.717) is 10.3 Å². The first kappa shape index (κ1) is 10.5. The van der Waals surface area contributed by atoms with Crippen LogP contribution in [0.3, 0.4) is 0 Å². The largest absolute Gasteiger partial charge is 0.464 e. The molecule has 1 aromatic heterocycles. The van der Waals surface area contributed by atoms with Crippen molar-refractivity contribution in [3.8, 4) is 0 Å². The summed E-state index contributed by atoms with van der Waals surface area (Å²) in [5.74, 6) is 0.0147. The van der Waals surface area contributed by atoms with E-state index in [-0.39, 0.29) is 5.69 Å². The molecule has 2 N–H and O–H groups in total. The predicted octanol–water partition coefficient (Wildman–Crippen LogP) is 0.973. The minimum absolute atomic E-state index is 0.222. The van der Waals surface area contributed by atoms with Gasteiger partial charge in [-0.1, -0.05) is 0 Å². The van der Waals surface area contributed by atoms with Crippen LogP contribution in [0, 0.1) is 0 Å². The summed E-state index contributed by atoms with van der Waals surface area (Å²) in [6.45, 7) is 0. The Morgan fingerprint density at radius 3 is 2.87 bits per heavy atom. The number of esters is 1. The molecule has 0 atom stereocenters. The summed E-state index contributed by atoms with van der Waals surface area (Å²) in [4.78, 5) is 19.6. The van der Waals surface area contributed by atoms with E-state index in [9.17, 15) is 4.79 Å². The normalized spacial score (nSPS) is 17.3. The lowest BCUT2D eigenvalue weighted by molar-refractivity contribution is 0.0592. The van der Waals surface area contributed by atoms with Gasteiger partial charge < -0.3 is 10.5 Å². The van der Waals surface area contributed by atoms with Crippen LogP contribution in [0.2, 0.25) is 0 Å². The molecule has 0 saturated heterocycles. The molecular formula is C9H10BrN3O2. The summed E-state index contributed by atoms with van der Waals surface area (Å²) in [6.07, 6.45) is 3.24. The SMILES string of the molecule is COC(=O)c1nc(C2(N)CC2)ncc1Br. The second kappa shape index (κ2) is 3.53. The fourth-order valence-corrected chi connectivity index (χ4v) is 1.56. The third-order valence-corrected chi connectivity index (χ3v) is 2.94. The van der Waals surface area contributed by atoms with Crippen LogP contribution in [0.1, 0.15) is 29.2 Å². The van der Waals surface area contributed by atoms with Crippen LogP contribution >= 0.6 is 15.9 Å². The maximum Gasteiger partial charge on any atom is 0.357 e. The quantitative estimate of drug-likeness (QED) is 0.812. The maximum absolute atomic E-state index is 11.4. The topological polar surface area (TPSA) is 78.1 Å². The Kier molecular flexibility index (Phi) is 2.47. The van der Waals surface area contributed by atoms with Gasteiger partial charge in [0.25, 0.3) is 0 Å². The maximum atomic E-state index is 11.4. The number of nitrogens with two attached hydrogens (primary N) is 1. The smallest absolute Gasteiger partial charge is 0.357 e. The van der Waals surface area contributed by atoms with Crippen LogP contribution in [0.15, 0.2) is 10.7 Å². The van der Waals surface area contributed by atoms with Gasteiger partial charge in [0.05, 0.1) is 17.1 Å². The van der Waals surface area contributed by atoms with Crippen LogP contribution in [0.25, 0.3) is 0 Å². The molecule has 1 aromatic rings. The first-order chi connectivity index (χ1) is 7.07. The second-order valence-corrected chi connectivity index (χ2v) is 4.39. The lowest BCUT2D eigenvalue weighted by atomic mass is 10.2. The van der Waals surface area contributed by atoms with Gasteiger partial charge in [-0.05, 0) is 28.8 Å². The van der Waals surface area contributed by atoms with Crippen molar-refractivity contribution in [1.82, 2.24) is 9.97 Å². The van der Waals surface area contributed by atoms with Crippen molar-refractivity contribution in [3.05, 3.63) is 22.2 Å². The third kappa shape index (κ3) is 1.87. The summed E-state index contributed by atoms with van der Waals surface area (Å²) >= 11 is 3.19. The summed E-state index contributed by atoms with van der Waals surface area (Å²) in [7, 11) is 1.31. The minimum Gasteiger partial charge on any atom is -0.464 e. The van der Waals surface area contributed by atoms with Crippen LogP contribution in [-0.2, 0) is 10.3 Å². The Bertz CT molecular complexity index is 418. The lowest BCUT2D eigenvalue weighted by Gasteiger charge is -2.08. The van der Waals surface area contributed by atoms with E-state index < -0.39 is 11.5 Å². The van der Waals surface area contributed by atoms with Crippen molar-refractivity contribution in [2.24, 2.45) is 5.73 Å². The van der Waals surface area contributed by atoms with E-state index in [2.05, 4.69) is 30.6 Å². The van der Waals surface area contributed by atoms with Crippen molar-refractivity contribution in [2.45, 2.75) is 18.4 Å². The van der Waals surface area contributed by atoms with Crippen molar-refractivity contribution in [3.63, 3.8) is 0 Å². The second-order valence-electron chi connectivity index (χ2n) is 3.54. The Morgan fingerprint density at radius 2 is 2.33 bits per heavy atom. The van der Waals surface area contributed by atoms with Gasteiger partial charge in [0, 0.05) is 6.20 Å². The molecule has 80 valence electrons. The highest BCUT2D eigenvalue weighted by atomic mass is 79.9. The van der Waals surface area contributed by atoms with Gasteiger partial charge in [-0.15, -0.1) is 0 Å². The molecule has 0 unspecified atom stereocenters. The van der Waals surface area contributed by atoms with E-state index in [0.717, 1.165) is 12.8 Å². The molecule has 1 aliphatic carbocycles. The number of carbonyl (C=O) groups is 1. The first-order valence-electron chi connectivity index (χ1n) is 4.47. The van der Waals surface area contributed by atoms with Crippen LogP contribution in [0.5, 0.6) is 0 Å². The molecule has 5 nitrogen and oxygen atoms in total. The molecule has 0 aromatic carbocycles. The molecule has 2 rings (SSSR count). The summed E-state index contributed by atoms with van der Waals surface area (Å²) in [5, 5.41) is 0. The number of nitrogens with zero attached hydrogens (tertiary/aromatic N) is 2. The Labute approximate surface area is 95.2 Å². The first-order valence-corrected chi connectivity index (χ1v) is 5.26. The third-order valence-electron chi connectivity index (χ3n) is 2.36. The fraction of sp³-hybridized carbons (Fsp3) is 0.444. The molecule has 0 radical (unpaired) electrons. The molecule has 6 heteroatoms. The highest BCUT2D eigenvalue weighted by Gasteiger charge is 2.43. The average molecular weight is 272 g/mol. The van der Waals surface area contributed by atoms with Gasteiger partial charge in [0.1, 0.15) is 5.82 Å². The molecule has 1 heterocycles. The van der Waals surface area contributed by atoms with E-state index >= 15 is 0 Å². The van der Waals surface area contributed by atoms with Gasteiger partial charge in [-0.25, -0.2) is 14.8 Å². The molecule has 0 spiro atoms. The van der Waals surface area contributed by atoms with Gasteiger partial charge in [0.15, 0.2) is 5.69 Å². The number of rotatable bonds is 2. The summed E-state index contributed by atoms with van der Waals surface area (Å²) in [5.41, 5.74) is 5.72. The number of carbonyl (C=O) groups excluding carboxylic acids is 1. The van der Waals surface area contributed by atoms with Crippen LogP contribution in [0.4, 0.5) is 0 Å². The van der Waals surface area contributed by atoms with Gasteiger partial charge >= 0.3 is 5.97 Å². The molecule has 0 aliphatic heterocycles. The zero-order valence-electron chi connectivity index (χ0n) is 8.16. The predicted molar refractivity (Wildman–Crippen MR) is 56.2 cm³/mol. The van der Waals surface area contributed by atoms with Gasteiger partial charge in [-0.2, -0.15) is 0 Å². The molecule has 0 amide bonds. The monoisotopic (exact) mass is 271 g/mol. The number of methoxy groups -OCH3 is 1. The van der Waals surface area contributed by atoms with Crippen molar-refractivity contribution >= 4 is 21.9 Å². The number of aromatic nitrogens is 2. The van der Waals surface area contributed by atoms with E-state index in [1.54, 1.807) is 0 Å². The number of halogens is 1. The highest BCUT2D eigenvalue weighted by molar-refractivity contribution is 9.10. The van der Waals surface area contributed by atoms with Gasteiger partial charge in [0.2, 0.25) is 0 Å². The number of hydrogen-bond acceptors (Lipinski definition) is 5. The van der Waals surface area contributed by atoms with Crippen molar-refractivity contribution in [2.75, 3.05) is 7.11 Å². The molecule has 0 bridgehead atoms. The number of hydrogen-bond donors (Lipinski definition) is 1. The Hall–Kier alpha value is -1.01. The zero-order chi connectivity index (χ0) is 11.1. The average Bonchev–Trinajstić information content (AvgIpc) is 2.97. The molecule has 1 fully saturated rings.